The number of hydrogen-bond acceptors (Lipinski definition) is 5. The molecule has 0 unspecified atom stereocenters. The van der Waals surface area contributed by atoms with Crippen LogP contribution < -0.4 is 10.1 Å². The summed E-state index contributed by atoms with van der Waals surface area (Å²) in [5.41, 5.74) is 1.51. The molecule has 166 valence electrons. The average molecular weight is 426 g/mol. The summed E-state index contributed by atoms with van der Waals surface area (Å²) in [4.78, 5) is 31.5. The molecule has 0 radical (unpaired) electrons. The van der Waals surface area contributed by atoms with E-state index < -0.39 is 5.54 Å². The van der Waals surface area contributed by atoms with Crippen molar-refractivity contribution >= 4 is 11.8 Å². The van der Waals surface area contributed by atoms with Crippen molar-refractivity contribution in [3.63, 3.8) is 0 Å². The predicted molar refractivity (Wildman–Crippen MR) is 115 cm³/mol. The van der Waals surface area contributed by atoms with Crippen LogP contribution in [0.25, 0.3) is 0 Å². The molecule has 4 rings (SSSR count). The molecule has 0 saturated carbocycles. The lowest BCUT2D eigenvalue weighted by Crippen LogP contribution is -2.51. The first-order valence-corrected chi connectivity index (χ1v) is 11.1. The molecule has 1 fully saturated rings. The Morgan fingerprint density at radius 2 is 2.16 bits per heavy atom. The molecule has 0 aliphatic carbocycles. The van der Waals surface area contributed by atoms with Crippen LogP contribution in [0.1, 0.15) is 50.7 Å². The summed E-state index contributed by atoms with van der Waals surface area (Å²) in [7, 11) is 0. The highest BCUT2D eigenvalue weighted by atomic mass is 16.5. The van der Waals surface area contributed by atoms with Gasteiger partial charge in [0.2, 0.25) is 11.8 Å². The van der Waals surface area contributed by atoms with Gasteiger partial charge >= 0.3 is 0 Å². The maximum Gasteiger partial charge on any atom is 0.250 e. The van der Waals surface area contributed by atoms with Gasteiger partial charge in [0.15, 0.2) is 0 Å². The number of amides is 2. The average Bonchev–Trinajstić information content (AvgIpc) is 3.33. The zero-order valence-electron chi connectivity index (χ0n) is 18.3. The second kappa shape index (κ2) is 9.08. The van der Waals surface area contributed by atoms with Crippen molar-refractivity contribution in [2.45, 2.75) is 58.0 Å². The Morgan fingerprint density at radius 3 is 2.97 bits per heavy atom. The van der Waals surface area contributed by atoms with Gasteiger partial charge in [-0.2, -0.15) is 5.10 Å². The van der Waals surface area contributed by atoms with Gasteiger partial charge in [-0.25, -0.2) is 9.67 Å². The Balaban J connectivity index is 1.29. The van der Waals surface area contributed by atoms with Crippen LogP contribution in [-0.2, 0) is 28.1 Å². The third-order valence-corrected chi connectivity index (χ3v) is 6.26. The van der Waals surface area contributed by atoms with Crippen molar-refractivity contribution in [2.24, 2.45) is 5.92 Å². The number of nitrogens with one attached hydrogen (secondary N) is 1. The Morgan fingerprint density at radius 1 is 1.29 bits per heavy atom. The number of carbonyl (C=O) groups excluding carboxylic acids is 2. The van der Waals surface area contributed by atoms with E-state index in [9.17, 15) is 9.59 Å². The second-order valence-corrected chi connectivity index (χ2v) is 9.03. The molecule has 2 amide bonds. The number of fused-ring (bicyclic) bond motifs is 1. The van der Waals surface area contributed by atoms with E-state index in [0.717, 1.165) is 43.6 Å². The zero-order valence-corrected chi connectivity index (χ0v) is 18.3. The highest BCUT2D eigenvalue weighted by Gasteiger charge is 2.37. The first-order chi connectivity index (χ1) is 14.9. The molecule has 1 aromatic heterocycles. The molecule has 1 saturated heterocycles. The van der Waals surface area contributed by atoms with Gasteiger partial charge in [-0.05, 0) is 62.6 Å². The number of aryl methyl sites for hydroxylation is 1. The van der Waals surface area contributed by atoms with Crippen LogP contribution >= 0.6 is 0 Å². The lowest BCUT2D eigenvalue weighted by molar-refractivity contribution is -0.142. The van der Waals surface area contributed by atoms with Crippen LogP contribution in [0.3, 0.4) is 0 Å². The number of aromatic nitrogens is 3. The van der Waals surface area contributed by atoms with Crippen LogP contribution in [0, 0.1) is 5.92 Å². The predicted octanol–water partition coefficient (Wildman–Crippen LogP) is 2.28. The van der Waals surface area contributed by atoms with Gasteiger partial charge in [-0.15, -0.1) is 0 Å². The van der Waals surface area contributed by atoms with Gasteiger partial charge in [0.1, 0.15) is 23.9 Å². The third-order valence-electron chi connectivity index (χ3n) is 6.26. The fraction of sp³-hybridized carbons (Fsp3) is 0.565. The minimum atomic E-state index is -0.795. The number of carbonyl (C=O) groups is 2. The summed E-state index contributed by atoms with van der Waals surface area (Å²) in [6.45, 7) is 6.31. The Labute approximate surface area is 183 Å². The fourth-order valence-electron chi connectivity index (χ4n) is 4.46. The summed E-state index contributed by atoms with van der Waals surface area (Å²) in [6.07, 6.45) is 7.36. The summed E-state index contributed by atoms with van der Waals surface area (Å²) in [6, 6.07) is 6.14. The highest BCUT2D eigenvalue weighted by molar-refractivity contribution is 5.84. The maximum absolute atomic E-state index is 13.1. The highest BCUT2D eigenvalue weighted by Crippen LogP contribution is 2.26. The van der Waals surface area contributed by atoms with Gasteiger partial charge in [0.25, 0.3) is 0 Å². The van der Waals surface area contributed by atoms with E-state index in [1.807, 2.05) is 30.9 Å². The number of nitrogens with zero attached hydrogens (tertiary/aromatic N) is 4. The number of likely N-dealkylation sites (tertiary alicyclic amines) is 1. The lowest BCUT2D eigenvalue weighted by Gasteiger charge is -2.37. The lowest BCUT2D eigenvalue weighted by atomic mass is 9.92. The van der Waals surface area contributed by atoms with Crippen LogP contribution in [-0.4, -0.2) is 51.2 Å². The summed E-state index contributed by atoms with van der Waals surface area (Å²) < 4.78 is 7.25. The monoisotopic (exact) mass is 425 g/mol. The smallest absolute Gasteiger partial charge is 0.250 e. The second-order valence-electron chi connectivity index (χ2n) is 9.03. The first-order valence-electron chi connectivity index (χ1n) is 11.1. The quantitative estimate of drug-likeness (QED) is 0.767. The number of piperidine rings is 1. The molecule has 1 atom stereocenters. The maximum atomic E-state index is 13.1. The van der Waals surface area contributed by atoms with Gasteiger partial charge in [-0.1, -0.05) is 12.1 Å². The molecule has 0 bridgehead atoms. The molecule has 1 aromatic carbocycles. The number of ether oxygens (including phenoxy) is 1. The molecule has 1 N–H and O–H groups in total. The molecule has 8 nitrogen and oxygen atoms in total. The van der Waals surface area contributed by atoms with Crippen molar-refractivity contribution in [3.05, 3.63) is 42.0 Å². The van der Waals surface area contributed by atoms with Crippen LogP contribution in [0.15, 0.2) is 30.9 Å². The van der Waals surface area contributed by atoms with Gasteiger partial charge < -0.3 is 15.0 Å². The van der Waals surface area contributed by atoms with Crippen LogP contribution in [0.2, 0.25) is 0 Å². The van der Waals surface area contributed by atoms with Crippen molar-refractivity contribution in [3.8, 4) is 5.75 Å². The van der Waals surface area contributed by atoms with E-state index in [2.05, 4.69) is 21.5 Å². The fourth-order valence-corrected chi connectivity index (χ4v) is 4.46. The van der Waals surface area contributed by atoms with E-state index in [1.54, 1.807) is 11.0 Å². The molecule has 3 heterocycles. The van der Waals surface area contributed by atoms with E-state index in [4.69, 9.17) is 4.74 Å². The van der Waals surface area contributed by atoms with Gasteiger partial charge in [0.05, 0.1) is 6.61 Å². The summed E-state index contributed by atoms with van der Waals surface area (Å²) in [5.74, 6) is 1.17. The summed E-state index contributed by atoms with van der Waals surface area (Å²) in [5, 5.41) is 7.18. The number of rotatable bonds is 6. The van der Waals surface area contributed by atoms with E-state index in [1.165, 1.54) is 11.9 Å². The molecule has 0 spiro atoms. The van der Waals surface area contributed by atoms with E-state index in [-0.39, 0.29) is 17.7 Å². The topological polar surface area (TPSA) is 89.4 Å². The largest absolute Gasteiger partial charge is 0.493 e. The molecule has 2 aliphatic rings. The van der Waals surface area contributed by atoms with Crippen LogP contribution in [0.4, 0.5) is 0 Å². The molecular weight excluding hydrogens is 394 g/mol. The van der Waals surface area contributed by atoms with Gasteiger partial charge in [-0.3, -0.25) is 9.59 Å². The van der Waals surface area contributed by atoms with Crippen molar-refractivity contribution in [2.75, 3.05) is 19.7 Å². The van der Waals surface area contributed by atoms with Crippen LogP contribution in [0.5, 0.6) is 5.75 Å². The molecule has 2 aliphatic heterocycles. The van der Waals surface area contributed by atoms with Crippen molar-refractivity contribution in [1.29, 1.82) is 0 Å². The van der Waals surface area contributed by atoms with E-state index in [0.29, 0.717) is 26.1 Å². The van der Waals surface area contributed by atoms with Crippen molar-refractivity contribution in [1.82, 2.24) is 25.0 Å². The molecular formula is C23H31N5O3. The Hall–Kier alpha value is -2.90. The molecule has 31 heavy (non-hydrogen) atoms. The normalized spacial score (nSPS) is 18.8. The number of hydrogen-bond donors (Lipinski definition) is 1. The third kappa shape index (κ3) is 4.89. The Kier molecular flexibility index (Phi) is 6.25. The first kappa shape index (κ1) is 21.3. The molecule has 2 aromatic rings. The standard InChI is InChI=1S/C23H31N5O3/c1-23(2,28-16-24-15-26-28)22(30)27-9-3-5-18(14-27)12-21(29)25-13-17-7-8-20-19(11-17)6-4-10-31-20/h7-8,11,15-16,18H,3-6,9-10,12-14H2,1-2H3,(H,25,29)/t18-/m0/s1. The van der Waals surface area contributed by atoms with Crippen molar-refractivity contribution < 1.29 is 14.3 Å². The summed E-state index contributed by atoms with van der Waals surface area (Å²) >= 11 is 0. The van der Waals surface area contributed by atoms with Gasteiger partial charge in [0, 0.05) is 26.1 Å². The SMILES string of the molecule is CC(C)(C(=O)N1CCC[C@@H](CC(=O)NCc2ccc3c(c2)CCCO3)C1)n1cncn1. The Bertz CT molecular complexity index is 925. The minimum Gasteiger partial charge on any atom is -0.493 e. The van der Waals surface area contributed by atoms with E-state index >= 15 is 0 Å². The zero-order chi connectivity index (χ0) is 21.8. The number of benzene rings is 1. The molecule has 8 heteroatoms. The minimum absolute atomic E-state index is 0.0133.